The van der Waals surface area contributed by atoms with Gasteiger partial charge in [0.25, 0.3) is 0 Å². The molecule has 1 heterocycles. The van der Waals surface area contributed by atoms with E-state index in [1.807, 2.05) is 0 Å². The molecule has 1 fully saturated rings. The van der Waals surface area contributed by atoms with Crippen LogP contribution in [0.5, 0.6) is 0 Å². The predicted molar refractivity (Wildman–Crippen MR) is 20.8 cm³/mol. The summed E-state index contributed by atoms with van der Waals surface area (Å²) in [5.41, 5.74) is 0. The van der Waals surface area contributed by atoms with Crippen LogP contribution in [0.1, 0.15) is 0 Å². The van der Waals surface area contributed by atoms with E-state index in [1.54, 1.807) is 0 Å². The Labute approximate surface area is 39.1 Å². The molecular weight excluding hydrogens is 125 g/mol. The van der Waals surface area contributed by atoms with Gasteiger partial charge in [0.05, 0.1) is 0 Å². The molecule has 0 bridgehead atoms. The van der Waals surface area contributed by atoms with Gasteiger partial charge in [0.2, 0.25) is 0 Å². The Morgan fingerprint density at radius 2 is 1.14 bits per heavy atom. The number of hydrogen-bond acceptors (Lipinski definition) is 6. The predicted octanol–water partition coefficient (Wildman–Crippen LogP) is -0.785. The third-order valence-corrected chi connectivity index (χ3v) is 0.824. The average molecular weight is 131 g/mol. The van der Waals surface area contributed by atoms with Gasteiger partial charge in [-0.2, -0.15) is 0 Å². The van der Waals surface area contributed by atoms with Gasteiger partial charge in [0.15, 0.2) is 0 Å². The van der Waals surface area contributed by atoms with Crippen LogP contribution in [0.3, 0.4) is 0 Å². The number of hydrogen-bond donors (Lipinski definition) is 4. The maximum absolute atomic E-state index is 7.89. The van der Waals surface area contributed by atoms with Crippen LogP contribution in [0, 0.1) is 0 Å². The van der Waals surface area contributed by atoms with E-state index in [9.17, 15) is 0 Å². The van der Waals surface area contributed by atoms with Crippen LogP contribution in [0.25, 0.3) is 0 Å². The summed E-state index contributed by atoms with van der Waals surface area (Å²) in [5, 5.41) is 0. The van der Waals surface area contributed by atoms with Crippen LogP contribution in [-0.4, -0.2) is 14.7 Å². The van der Waals surface area contributed by atoms with E-state index in [0.29, 0.717) is 0 Å². The Morgan fingerprint density at radius 1 is 1.00 bits per heavy atom. The summed E-state index contributed by atoms with van der Waals surface area (Å²) in [5.74, 6) is 0. The van der Waals surface area contributed by atoms with E-state index in [2.05, 4.69) is 9.35 Å². The quantitative estimate of drug-likeness (QED) is 0.194. The van der Waals surface area contributed by atoms with Crippen molar-refractivity contribution >= 4 is 7.74 Å². The molecular formula is H6NO5P. The summed E-state index contributed by atoms with van der Waals surface area (Å²) in [6, 6.07) is 0. The van der Waals surface area contributed by atoms with Gasteiger partial charge in [-0.3, -0.25) is 0 Å². The van der Waals surface area contributed by atoms with Crippen molar-refractivity contribution < 1.29 is 24.0 Å². The molecule has 0 spiro atoms. The van der Waals surface area contributed by atoms with Crippen LogP contribution in [0.15, 0.2) is 0 Å². The van der Waals surface area contributed by atoms with Crippen molar-refractivity contribution in [1.29, 1.82) is 0 Å². The second kappa shape index (κ2) is 1.12. The van der Waals surface area contributed by atoms with Crippen molar-refractivity contribution in [3.05, 3.63) is 0 Å². The molecule has 1 aliphatic heterocycles. The third-order valence-electron chi connectivity index (χ3n) is 0.275. The van der Waals surface area contributed by atoms with Crippen molar-refractivity contribution in [2.75, 3.05) is 0 Å². The van der Waals surface area contributed by atoms with E-state index in [4.69, 9.17) is 14.7 Å². The first-order valence-corrected chi connectivity index (χ1v) is 3.06. The van der Waals surface area contributed by atoms with E-state index in [0.717, 1.165) is 0 Å². The third kappa shape index (κ3) is 2.10. The van der Waals surface area contributed by atoms with Crippen LogP contribution >= 0.6 is 7.74 Å². The summed E-state index contributed by atoms with van der Waals surface area (Å²) in [6.45, 7) is 0. The Morgan fingerprint density at radius 3 is 1.14 bits per heavy atom. The molecule has 7 heavy (non-hydrogen) atoms. The van der Waals surface area contributed by atoms with Crippen LogP contribution < -0.4 is 6.15 Å². The first kappa shape index (κ1) is 7.19. The van der Waals surface area contributed by atoms with Gasteiger partial charge in [-0.1, -0.05) is 0 Å². The summed E-state index contributed by atoms with van der Waals surface area (Å²) in [7, 11) is -4.80. The second-order valence-electron chi connectivity index (χ2n) is 0.982. The fourth-order valence-electron chi connectivity index (χ4n) is 0.0447. The average Bonchev–Trinajstić information content (AvgIpc) is 1.73. The standard InChI is InChI=1S/H3N.H3O5P/c;1-6(2,3)4-5-6/h1H3;1-3H. The fourth-order valence-corrected chi connectivity index (χ4v) is 0.402. The summed E-state index contributed by atoms with van der Waals surface area (Å²) in [4.78, 5) is 23.7. The SMILES string of the molecule is N.OP1(O)(O)OO1. The molecule has 6 nitrogen and oxygen atoms in total. The van der Waals surface area contributed by atoms with Crippen LogP contribution in [0.4, 0.5) is 0 Å². The molecule has 0 amide bonds. The van der Waals surface area contributed by atoms with Gasteiger partial charge in [-0.15, -0.1) is 0 Å². The molecule has 1 rings (SSSR count). The van der Waals surface area contributed by atoms with Crippen molar-refractivity contribution in [3.8, 4) is 0 Å². The van der Waals surface area contributed by atoms with E-state index in [1.165, 1.54) is 0 Å². The van der Waals surface area contributed by atoms with Gasteiger partial charge >= 0.3 is 31.8 Å². The van der Waals surface area contributed by atoms with Crippen molar-refractivity contribution in [3.63, 3.8) is 0 Å². The molecule has 0 radical (unpaired) electrons. The Bertz CT molecular complexity index is 71.8. The van der Waals surface area contributed by atoms with Gasteiger partial charge < -0.3 is 6.15 Å². The molecule has 0 aliphatic carbocycles. The molecule has 0 saturated carbocycles. The molecule has 7 heteroatoms. The maximum atomic E-state index is 7.89. The molecule has 0 atom stereocenters. The summed E-state index contributed by atoms with van der Waals surface area (Å²) < 4.78 is 6.76. The normalized spacial score (nSPS) is 36.7. The zero-order valence-electron chi connectivity index (χ0n) is 3.31. The molecule has 0 aromatic heterocycles. The van der Waals surface area contributed by atoms with Crippen LogP contribution in [0.2, 0.25) is 0 Å². The molecule has 46 valence electrons. The molecule has 0 unspecified atom stereocenters. The van der Waals surface area contributed by atoms with Gasteiger partial charge in [-0.25, -0.2) is 0 Å². The van der Waals surface area contributed by atoms with Crippen molar-refractivity contribution in [2.24, 2.45) is 0 Å². The first-order chi connectivity index (χ1) is 2.47. The molecule has 1 aliphatic rings. The van der Waals surface area contributed by atoms with E-state index in [-0.39, 0.29) is 6.15 Å². The molecule has 0 aromatic rings. The van der Waals surface area contributed by atoms with Crippen molar-refractivity contribution in [2.45, 2.75) is 0 Å². The van der Waals surface area contributed by atoms with Gasteiger partial charge in [0.1, 0.15) is 0 Å². The molecule has 6 N–H and O–H groups in total. The number of rotatable bonds is 0. The Balaban J connectivity index is 0.000000360. The fraction of sp³-hybridized carbons (Fsp3) is 0. The van der Waals surface area contributed by atoms with Gasteiger partial charge in [0, 0.05) is 0 Å². The van der Waals surface area contributed by atoms with E-state index >= 15 is 0 Å². The topological polar surface area (TPSA) is 121 Å². The minimum absolute atomic E-state index is 0. The second-order valence-corrected chi connectivity index (χ2v) is 2.95. The Hall–Kier alpha value is 0.190. The first-order valence-electron chi connectivity index (χ1n) is 1.13. The Kier molecular flexibility index (Phi) is 1.15. The minimum atomic E-state index is -4.80. The zero-order chi connectivity index (χ0) is 4.86. The monoisotopic (exact) mass is 131 g/mol. The van der Waals surface area contributed by atoms with Gasteiger partial charge in [-0.05, 0) is 0 Å². The van der Waals surface area contributed by atoms with Crippen molar-refractivity contribution in [1.82, 2.24) is 6.15 Å². The summed E-state index contributed by atoms with van der Waals surface area (Å²) in [6.07, 6.45) is 0. The molecule has 1 saturated heterocycles. The summed E-state index contributed by atoms with van der Waals surface area (Å²) >= 11 is 0. The van der Waals surface area contributed by atoms with Crippen LogP contribution in [-0.2, 0) is 9.35 Å². The zero-order valence-corrected chi connectivity index (χ0v) is 4.21. The molecule has 0 aromatic carbocycles. The van der Waals surface area contributed by atoms with E-state index < -0.39 is 7.74 Å².